The van der Waals surface area contributed by atoms with Crippen LogP contribution in [0.25, 0.3) is 0 Å². The number of hydrogen-bond donors (Lipinski definition) is 1. The molecule has 4 aliphatic rings. The van der Waals surface area contributed by atoms with Crippen LogP contribution in [0.1, 0.15) is 80.1 Å². The summed E-state index contributed by atoms with van der Waals surface area (Å²) in [4.78, 5) is 6.46. The van der Waals surface area contributed by atoms with Crippen LogP contribution in [0.5, 0.6) is 0 Å². The summed E-state index contributed by atoms with van der Waals surface area (Å²) >= 11 is 0. The molecule has 4 fully saturated rings. The highest BCUT2D eigenvalue weighted by Gasteiger charge is 2.76. The van der Waals surface area contributed by atoms with E-state index in [1.165, 1.54) is 12.8 Å². The fourth-order valence-corrected chi connectivity index (χ4v) is 6.57. The normalized spacial score (nSPS) is 45.0. The Morgan fingerprint density at radius 2 is 1.48 bits per heavy atom. The van der Waals surface area contributed by atoms with E-state index in [4.69, 9.17) is 14.3 Å². The maximum Gasteiger partial charge on any atom is 0.107 e. The highest BCUT2D eigenvalue weighted by molar-refractivity contribution is 5.26. The average molecular weight is 382 g/mol. The van der Waals surface area contributed by atoms with Crippen molar-refractivity contribution in [3.63, 3.8) is 0 Å². The lowest BCUT2D eigenvalue weighted by molar-refractivity contribution is -0.242. The van der Waals surface area contributed by atoms with Crippen molar-refractivity contribution in [3.8, 4) is 0 Å². The predicted octanol–water partition coefficient (Wildman–Crippen LogP) is 3.68. The Bertz CT molecular complexity index is 568. The van der Waals surface area contributed by atoms with Crippen LogP contribution in [0.15, 0.2) is 0 Å². The van der Waals surface area contributed by atoms with Gasteiger partial charge in [-0.2, -0.15) is 5.06 Å². The van der Waals surface area contributed by atoms with E-state index in [2.05, 4.69) is 46.6 Å². The van der Waals surface area contributed by atoms with E-state index in [9.17, 15) is 5.11 Å². The van der Waals surface area contributed by atoms with Crippen LogP contribution in [0.4, 0.5) is 0 Å². The summed E-state index contributed by atoms with van der Waals surface area (Å²) in [5, 5.41) is 12.6. The molecule has 0 unspecified atom stereocenters. The molecule has 2 spiro atoms. The molecule has 0 radical (unpaired) electrons. The summed E-state index contributed by atoms with van der Waals surface area (Å²) in [7, 11) is 0. The monoisotopic (exact) mass is 381 g/mol. The van der Waals surface area contributed by atoms with Gasteiger partial charge in [-0.15, -0.1) is 0 Å². The van der Waals surface area contributed by atoms with Crippen molar-refractivity contribution in [2.45, 2.75) is 115 Å². The fraction of sp³-hybridized carbons (Fsp3) is 1.00. The minimum Gasteiger partial charge on any atom is -0.396 e. The van der Waals surface area contributed by atoms with Crippen LogP contribution in [0.2, 0.25) is 0 Å². The lowest BCUT2D eigenvalue weighted by atomic mass is 9.79. The highest BCUT2D eigenvalue weighted by atomic mass is 16.7. The van der Waals surface area contributed by atoms with Gasteiger partial charge in [-0.3, -0.25) is 4.84 Å². The van der Waals surface area contributed by atoms with E-state index in [-0.39, 0.29) is 47.0 Å². The van der Waals surface area contributed by atoms with Gasteiger partial charge in [0.1, 0.15) is 12.2 Å². The van der Waals surface area contributed by atoms with Gasteiger partial charge in [0, 0.05) is 18.4 Å². The molecule has 4 rings (SSSR count). The van der Waals surface area contributed by atoms with E-state index >= 15 is 0 Å². The van der Waals surface area contributed by atoms with Crippen molar-refractivity contribution in [1.29, 1.82) is 0 Å². The molecular weight excluding hydrogens is 342 g/mol. The van der Waals surface area contributed by atoms with Crippen molar-refractivity contribution in [1.82, 2.24) is 5.06 Å². The van der Waals surface area contributed by atoms with Crippen LogP contribution < -0.4 is 0 Å². The van der Waals surface area contributed by atoms with Crippen LogP contribution in [0.3, 0.4) is 0 Å². The Balaban J connectivity index is 1.85. The quantitative estimate of drug-likeness (QED) is 0.808. The minimum absolute atomic E-state index is 0.0288. The fourth-order valence-electron chi connectivity index (χ4n) is 6.57. The zero-order chi connectivity index (χ0) is 19.7. The van der Waals surface area contributed by atoms with Gasteiger partial charge in [-0.1, -0.05) is 12.8 Å². The molecule has 2 aliphatic heterocycles. The number of nitrogens with zero attached hydrogens (tertiary/aromatic N) is 1. The van der Waals surface area contributed by atoms with Gasteiger partial charge in [-0.25, -0.2) is 0 Å². The summed E-state index contributed by atoms with van der Waals surface area (Å²) in [5.74, 6) is 0.671. The molecule has 0 aromatic heterocycles. The van der Waals surface area contributed by atoms with E-state index < -0.39 is 0 Å². The Morgan fingerprint density at radius 1 is 0.926 bits per heavy atom. The van der Waals surface area contributed by atoms with E-state index in [0.717, 1.165) is 32.3 Å². The number of fused-ring (bicyclic) bond motifs is 1. The Hall–Kier alpha value is -0.200. The molecule has 0 bridgehead atoms. The van der Waals surface area contributed by atoms with Crippen LogP contribution in [-0.2, 0) is 14.3 Å². The van der Waals surface area contributed by atoms with Crippen LogP contribution in [0, 0.1) is 11.8 Å². The maximum atomic E-state index is 10.3. The molecule has 2 saturated carbocycles. The molecule has 156 valence electrons. The van der Waals surface area contributed by atoms with Crippen molar-refractivity contribution < 1.29 is 19.4 Å². The Labute approximate surface area is 164 Å². The first kappa shape index (κ1) is 20.1. The van der Waals surface area contributed by atoms with Crippen LogP contribution >= 0.6 is 0 Å². The molecular formula is C22H39NO4. The van der Waals surface area contributed by atoms with E-state index in [0.29, 0.717) is 5.92 Å². The molecule has 27 heavy (non-hydrogen) atoms. The molecule has 5 heteroatoms. The van der Waals surface area contributed by atoms with Gasteiger partial charge >= 0.3 is 0 Å². The van der Waals surface area contributed by atoms with Gasteiger partial charge in [0.2, 0.25) is 0 Å². The highest BCUT2D eigenvalue weighted by Crippen LogP contribution is 2.64. The van der Waals surface area contributed by atoms with Crippen molar-refractivity contribution >= 4 is 0 Å². The number of aliphatic hydroxyl groups excluding tert-OH is 1. The second kappa shape index (κ2) is 6.40. The van der Waals surface area contributed by atoms with Gasteiger partial charge in [0.25, 0.3) is 0 Å². The van der Waals surface area contributed by atoms with E-state index in [1.54, 1.807) is 0 Å². The Kier molecular flexibility index (Phi) is 4.76. The first-order chi connectivity index (χ1) is 12.5. The van der Waals surface area contributed by atoms with Gasteiger partial charge in [0.05, 0.1) is 28.9 Å². The number of hydrogen-bond acceptors (Lipinski definition) is 5. The molecule has 0 aromatic rings. The van der Waals surface area contributed by atoms with Gasteiger partial charge in [-0.05, 0) is 67.2 Å². The number of ether oxygens (including phenoxy) is 2. The Morgan fingerprint density at radius 3 is 2.07 bits per heavy atom. The SMILES string of the molecule is CC(C)(C)O[C@@H]1[C@@H](OC(C)(C)C)[C@]23CCC[C@H]2CON3[C@]12CCC[C@H]2CO. The molecule has 2 aliphatic carbocycles. The summed E-state index contributed by atoms with van der Waals surface area (Å²) in [5.41, 5.74) is -0.915. The van der Waals surface area contributed by atoms with Crippen molar-refractivity contribution in [3.05, 3.63) is 0 Å². The summed E-state index contributed by atoms with van der Waals surface area (Å²) < 4.78 is 13.6. The lowest BCUT2D eigenvalue weighted by Crippen LogP contribution is -2.57. The minimum atomic E-state index is -0.281. The van der Waals surface area contributed by atoms with Gasteiger partial charge < -0.3 is 14.6 Å². The molecule has 0 aromatic carbocycles. The first-order valence-corrected chi connectivity index (χ1v) is 10.9. The van der Waals surface area contributed by atoms with Gasteiger partial charge in [0.15, 0.2) is 0 Å². The summed E-state index contributed by atoms with van der Waals surface area (Å²) in [6.45, 7) is 13.8. The molecule has 2 heterocycles. The third-order valence-corrected chi connectivity index (χ3v) is 7.28. The molecule has 5 nitrogen and oxygen atoms in total. The zero-order valence-electron chi connectivity index (χ0n) is 18.1. The molecule has 0 amide bonds. The third-order valence-electron chi connectivity index (χ3n) is 7.28. The predicted molar refractivity (Wildman–Crippen MR) is 104 cm³/mol. The second-order valence-electron chi connectivity index (χ2n) is 11.2. The molecule has 6 atom stereocenters. The number of aliphatic hydroxyl groups is 1. The first-order valence-electron chi connectivity index (χ1n) is 10.9. The molecule has 2 saturated heterocycles. The largest absolute Gasteiger partial charge is 0.396 e. The van der Waals surface area contributed by atoms with E-state index in [1.807, 2.05) is 0 Å². The van der Waals surface area contributed by atoms with Crippen molar-refractivity contribution in [2.24, 2.45) is 11.8 Å². The van der Waals surface area contributed by atoms with Crippen LogP contribution in [-0.4, -0.2) is 57.9 Å². The topological polar surface area (TPSA) is 51.2 Å². The van der Waals surface area contributed by atoms with Crippen molar-refractivity contribution in [2.75, 3.05) is 13.2 Å². The smallest absolute Gasteiger partial charge is 0.107 e. The lowest BCUT2D eigenvalue weighted by Gasteiger charge is -2.44. The zero-order valence-corrected chi connectivity index (χ0v) is 18.1. The number of rotatable bonds is 3. The maximum absolute atomic E-state index is 10.3. The third kappa shape index (κ3) is 2.92. The molecule has 1 N–H and O–H groups in total. The second-order valence-corrected chi connectivity index (χ2v) is 11.2. The standard InChI is InChI=1S/C22H39NO4/c1-19(2,3)26-17-18(27-20(4,5)6)22-12-8-10-16(22)14-25-23(22)21(17)11-7-9-15(21)13-24/h15-18,24H,7-14H2,1-6H3/t15-,16-,17+,18+,21-,22-/m0/s1. The number of hydroxylamine groups is 2. The summed E-state index contributed by atoms with van der Waals surface area (Å²) in [6.07, 6.45) is 6.55. The summed E-state index contributed by atoms with van der Waals surface area (Å²) in [6, 6.07) is 0. The average Bonchev–Trinajstić information content (AvgIpc) is 3.23.